The van der Waals surface area contributed by atoms with Crippen LogP contribution in [0.25, 0.3) is 99.5 Å². The van der Waals surface area contributed by atoms with Gasteiger partial charge in [0.2, 0.25) is 0 Å². The Morgan fingerprint density at radius 2 is 1.19 bits per heavy atom. The maximum absolute atomic E-state index is 4.95. The lowest BCUT2D eigenvalue weighted by Gasteiger charge is -2.16. The maximum atomic E-state index is 4.95. The zero-order chi connectivity index (χ0) is 34.2. The Labute approximate surface area is 300 Å². The van der Waals surface area contributed by atoms with Gasteiger partial charge in [0.1, 0.15) is 0 Å². The number of rotatable bonds is 4. The van der Waals surface area contributed by atoms with Crippen molar-refractivity contribution in [2.45, 2.75) is 6.42 Å². The molecule has 0 amide bonds. The second kappa shape index (κ2) is 11.3. The molecule has 0 saturated carbocycles. The van der Waals surface area contributed by atoms with Crippen molar-refractivity contribution in [3.05, 3.63) is 181 Å². The molecule has 11 rings (SSSR count). The van der Waals surface area contributed by atoms with Crippen molar-refractivity contribution in [1.29, 1.82) is 0 Å². The lowest BCUT2D eigenvalue weighted by molar-refractivity contribution is 1.18. The number of hydrogen-bond donors (Lipinski definition) is 0. The van der Waals surface area contributed by atoms with E-state index >= 15 is 0 Å². The summed E-state index contributed by atoms with van der Waals surface area (Å²) in [7, 11) is 0. The quantitative estimate of drug-likeness (QED) is 0.176. The van der Waals surface area contributed by atoms with Gasteiger partial charge in [-0.15, -0.1) is 0 Å². The SMILES string of the molecule is C1=Cc2cccc3cc4c(c(c23)C1)c1ccccc1n4-c1ccc(-c2cc(-c3ccccc3)cc(-c3cnc4c(ccc5cccnc54)c3)c2)cc1. The molecule has 52 heavy (non-hydrogen) atoms. The van der Waals surface area contributed by atoms with Gasteiger partial charge >= 0.3 is 0 Å². The average Bonchev–Trinajstić information content (AvgIpc) is 3.55. The first-order valence-corrected chi connectivity index (χ1v) is 17.9. The number of allylic oxidation sites excluding steroid dienone is 1. The van der Waals surface area contributed by atoms with Crippen LogP contribution in [0.2, 0.25) is 0 Å². The molecule has 7 aromatic carbocycles. The van der Waals surface area contributed by atoms with Crippen LogP contribution in [0.3, 0.4) is 0 Å². The van der Waals surface area contributed by atoms with E-state index < -0.39 is 0 Å². The summed E-state index contributed by atoms with van der Waals surface area (Å²) in [6, 6.07) is 55.1. The number of hydrogen-bond acceptors (Lipinski definition) is 2. The standard InChI is InChI=1S/C49H31N3/c1-2-9-31(10-3-1)37-26-38(28-39(27-37)40-25-36-19-18-34-14-8-24-50-48(34)49(36)51-30-40)32-20-22-41(23-21-32)52-44-17-5-4-15-42(44)47-43-16-7-12-33-11-6-13-35(46(33)43)29-45(47)52/h1-15,17-30H,16H2. The van der Waals surface area contributed by atoms with E-state index in [1.165, 1.54) is 66.0 Å². The molecular formula is C49H31N3. The number of aromatic nitrogens is 3. The van der Waals surface area contributed by atoms with Crippen molar-refractivity contribution in [3.63, 3.8) is 0 Å². The lowest BCUT2D eigenvalue weighted by Crippen LogP contribution is -1.97. The third kappa shape index (κ3) is 4.46. The van der Waals surface area contributed by atoms with Crippen molar-refractivity contribution in [2.24, 2.45) is 0 Å². The molecule has 0 bridgehead atoms. The van der Waals surface area contributed by atoms with Crippen LogP contribution in [0.1, 0.15) is 11.1 Å². The summed E-state index contributed by atoms with van der Waals surface area (Å²) in [5.41, 5.74) is 15.1. The minimum atomic E-state index is 0.927. The van der Waals surface area contributed by atoms with E-state index in [0.29, 0.717) is 0 Å². The summed E-state index contributed by atoms with van der Waals surface area (Å²) in [5, 5.41) is 7.52. The fraction of sp³-hybridized carbons (Fsp3) is 0.0204. The molecule has 10 aromatic rings. The molecule has 3 aromatic heterocycles. The monoisotopic (exact) mass is 661 g/mol. The van der Waals surface area contributed by atoms with Gasteiger partial charge in [0.25, 0.3) is 0 Å². The molecule has 3 heteroatoms. The fourth-order valence-corrected chi connectivity index (χ4v) is 8.42. The van der Waals surface area contributed by atoms with Gasteiger partial charge in [-0.25, -0.2) is 0 Å². The van der Waals surface area contributed by atoms with E-state index in [1.807, 2.05) is 18.5 Å². The van der Waals surface area contributed by atoms with Crippen molar-refractivity contribution in [2.75, 3.05) is 0 Å². The predicted molar refractivity (Wildman–Crippen MR) is 218 cm³/mol. The number of benzene rings is 7. The molecule has 0 atom stereocenters. The molecule has 0 spiro atoms. The number of para-hydroxylation sites is 1. The van der Waals surface area contributed by atoms with Crippen molar-refractivity contribution in [1.82, 2.24) is 14.5 Å². The summed E-state index contributed by atoms with van der Waals surface area (Å²) in [5.74, 6) is 0. The van der Waals surface area contributed by atoms with E-state index in [4.69, 9.17) is 4.98 Å². The van der Waals surface area contributed by atoms with Gasteiger partial charge in [-0.05, 0) is 111 Å². The summed E-state index contributed by atoms with van der Waals surface area (Å²) < 4.78 is 2.44. The average molecular weight is 662 g/mol. The van der Waals surface area contributed by atoms with E-state index in [1.54, 1.807) is 0 Å². The molecular weight excluding hydrogens is 631 g/mol. The molecule has 1 aliphatic rings. The zero-order valence-electron chi connectivity index (χ0n) is 28.3. The first-order valence-electron chi connectivity index (χ1n) is 17.9. The topological polar surface area (TPSA) is 30.7 Å². The Morgan fingerprint density at radius 3 is 2.06 bits per heavy atom. The first kappa shape index (κ1) is 28.9. The molecule has 0 fully saturated rings. The van der Waals surface area contributed by atoms with Gasteiger partial charge in [-0.2, -0.15) is 0 Å². The van der Waals surface area contributed by atoms with Gasteiger partial charge in [-0.1, -0.05) is 109 Å². The maximum Gasteiger partial charge on any atom is 0.0964 e. The molecule has 0 saturated heterocycles. The number of pyridine rings is 2. The smallest absolute Gasteiger partial charge is 0.0964 e. The van der Waals surface area contributed by atoms with Crippen LogP contribution in [0.5, 0.6) is 0 Å². The Balaban J connectivity index is 1.06. The summed E-state index contributed by atoms with van der Waals surface area (Å²) in [6.07, 6.45) is 9.35. The summed E-state index contributed by atoms with van der Waals surface area (Å²) in [6.45, 7) is 0. The highest BCUT2D eigenvalue weighted by Crippen LogP contribution is 2.42. The van der Waals surface area contributed by atoms with Crippen LogP contribution in [-0.4, -0.2) is 14.5 Å². The highest BCUT2D eigenvalue weighted by Gasteiger charge is 2.20. The molecule has 0 radical (unpaired) electrons. The zero-order valence-corrected chi connectivity index (χ0v) is 28.3. The largest absolute Gasteiger partial charge is 0.309 e. The Hall–Kier alpha value is -6.84. The molecule has 242 valence electrons. The van der Waals surface area contributed by atoms with E-state index in [0.717, 1.165) is 45.0 Å². The molecule has 1 aliphatic carbocycles. The molecule has 0 unspecified atom stereocenters. The number of fused-ring (bicyclic) bond motifs is 7. The highest BCUT2D eigenvalue weighted by molar-refractivity contribution is 6.17. The summed E-state index contributed by atoms with van der Waals surface area (Å²) in [4.78, 5) is 9.59. The minimum absolute atomic E-state index is 0.927. The second-order valence-electron chi connectivity index (χ2n) is 13.8. The van der Waals surface area contributed by atoms with Gasteiger partial charge in [-0.3, -0.25) is 9.97 Å². The van der Waals surface area contributed by atoms with Crippen LogP contribution in [0.4, 0.5) is 0 Å². The van der Waals surface area contributed by atoms with Crippen molar-refractivity contribution < 1.29 is 0 Å². The fourth-order valence-electron chi connectivity index (χ4n) is 8.42. The highest BCUT2D eigenvalue weighted by atomic mass is 15.0. The van der Waals surface area contributed by atoms with Crippen molar-refractivity contribution >= 4 is 60.5 Å². The number of nitrogens with zero attached hydrogens (tertiary/aromatic N) is 3. The van der Waals surface area contributed by atoms with Gasteiger partial charge < -0.3 is 4.57 Å². The third-order valence-electron chi connectivity index (χ3n) is 10.8. The van der Waals surface area contributed by atoms with Crippen LogP contribution in [0.15, 0.2) is 170 Å². The Bertz CT molecular complexity index is 3080. The van der Waals surface area contributed by atoms with Crippen LogP contribution < -0.4 is 0 Å². The van der Waals surface area contributed by atoms with Crippen LogP contribution in [-0.2, 0) is 6.42 Å². The lowest BCUT2D eigenvalue weighted by atomic mass is 9.90. The molecule has 3 heterocycles. The second-order valence-corrected chi connectivity index (χ2v) is 13.8. The first-order chi connectivity index (χ1) is 25.8. The Kier molecular flexibility index (Phi) is 6.31. The molecule has 3 nitrogen and oxygen atoms in total. The predicted octanol–water partition coefficient (Wildman–Crippen LogP) is 12.6. The third-order valence-corrected chi connectivity index (χ3v) is 10.8. The van der Waals surface area contributed by atoms with Gasteiger partial charge in [0.05, 0.1) is 22.1 Å². The Morgan fingerprint density at radius 1 is 0.462 bits per heavy atom. The molecule has 0 aliphatic heterocycles. The minimum Gasteiger partial charge on any atom is -0.309 e. The van der Waals surface area contributed by atoms with Gasteiger partial charge in [0.15, 0.2) is 0 Å². The van der Waals surface area contributed by atoms with Gasteiger partial charge in [0, 0.05) is 45.2 Å². The summed E-state index contributed by atoms with van der Waals surface area (Å²) >= 11 is 0. The normalized spacial score (nSPS) is 12.5. The van der Waals surface area contributed by atoms with Crippen LogP contribution in [0, 0.1) is 0 Å². The molecule has 0 N–H and O–H groups in total. The van der Waals surface area contributed by atoms with E-state index in [9.17, 15) is 0 Å². The van der Waals surface area contributed by atoms with E-state index in [-0.39, 0.29) is 0 Å². The van der Waals surface area contributed by atoms with Crippen LogP contribution >= 0.6 is 0 Å². The van der Waals surface area contributed by atoms with E-state index in [2.05, 4.69) is 167 Å². The van der Waals surface area contributed by atoms with Crippen molar-refractivity contribution in [3.8, 4) is 39.1 Å².